The number of halogens is 1. The molecule has 6 nitrogen and oxygen atoms in total. The molecule has 16 heavy (non-hydrogen) atoms. The second-order valence-corrected chi connectivity index (χ2v) is 4.81. The van der Waals surface area contributed by atoms with Crippen molar-refractivity contribution in [3.8, 4) is 0 Å². The Hall–Kier alpha value is -1.15. The molecule has 8 heteroatoms. The van der Waals surface area contributed by atoms with E-state index in [0.29, 0.717) is 0 Å². The zero-order chi connectivity index (χ0) is 12.2. The Morgan fingerprint density at radius 1 is 1.50 bits per heavy atom. The van der Waals surface area contributed by atoms with E-state index in [0.717, 1.165) is 0 Å². The molecule has 1 aromatic rings. The maximum atomic E-state index is 11.5. The Labute approximate surface area is 96.8 Å². The van der Waals surface area contributed by atoms with Gasteiger partial charge in [-0.1, -0.05) is 22.6 Å². The van der Waals surface area contributed by atoms with Crippen LogP contribution in [-0.2, 0) is 19.7 Å². The molecular formula is C8H8ClNO5S. The molecule has 0 bridgehead atoms. The lowest BCUT2D eigenvalue weighted by Gasteiger charge is -2.05. The summed E-state index contributed by atoms with van der Waals surface area (Å²) in [5.41, 5.74) is 0. The van der Waals surface area contributed by atoms with Crippen molar-refractivity contribution in [1.82, 2.24) is 4.89 Å². The van der Waals surface area contributed by atoms with Gasteiger partial charge in [0.1, 0.15) is 0 Å². The fourth-order valence-corrected chi connectivity index (χ4v) is 1.96. The van der Waals surface area contributed by atoms with Crippen LogP contribution < -0.4 is 4.89 Å². The van der Waals surface area contributed by atoms with E-state index in [9.17, 15) is 13.2 Å². The number of carbonyl (C=O) groups is 1. The highest BCUT2D eigenvalue weighted by Crippen LogP contribution is 2.14. The van der Waals surface area contributed by atoms with Crippen molar-refractivity contribution in [1.29, 1.82) is 0 Å². The predicted octanol–water partition coefficient (Wildman–Crippen LogP) is 0.635. The van der Waals surface area contributed by atoms with Gasteiger partial charge in [0.2, 0.25) is 0 Å². The molecule has 0 saturated heterocycles. The van der Waals surface area contributed by atoms with Gasteiger partial charge in [-0.25, -0.2) is 13.2 Å². The smallest absolute Gasteiger partial charge is 0.331 e. The second-order valence-electron chi connectivity index (χ2n) is 2.73. The fourth-order valence-electron chi connectivity index (χ4n) is 0.851. The molecule has 0 aromatic heterocycles. The summed E-state index contributed by atoms with van der Waals surface area (Å²) < 4.78 is 23.0. The number of hydrogen-bond acceptors (Lipinski definition) is 4. The number of nitrogens with one attached hydrogen (secondary N) is 1. The van der Waals surface area contributed by atoms with Crippen LogP contribution in [0.1, 0.15) is 0 Å². The van der Waals surface area contributed by atoms with E-state index in [2.05, 4.69) is 4.84 Å². The zero-order valence-corrected chi connectivity index (χ0v) is 9.46. The van der Waals surface area contributed by atoms with Gasteiger partial charge >= 0.3 is 5.97 Å². The standard InChI is InChI=1S/C8H8ClNO5S/c9-6-2-1-3-7(4-6)16(13,14)10-15-5-8(11)12/h1-4,10H,5H2,(H,11,12). The molecule has 88 valence electrons. The number of carboxylic acid groups (broad SMARTS) is 1. The molecule has 1 rings (SSSR count). The van der Waals surface area contributed by atoms with Gasteiger partial charge in [-0.15, -0.1) is 0 Å². The van der Waals surface area contributed by atoms with Crippen molar-refractivity contribution < 1.29 is 23.2 Å². The van der Waals surface area contributed by atoms with Gasteiger partial charge in [-0.2, -0.15) is 0 Å². The van der Waals surface area contributed by atoms with Crippen LogP contribution in [0.2, 0.25) is 5.02 Å². The number of carboxylic acids is 1. The molecule has 0 radical (unpaired) electrons. The number of rotatable bonds is 5. The number of hydrogen-bond donors (Lipinski definition) is 2. The lowest BCUT2D eigenvalue weighted by Crippen LogP contribution is -2.26. The van der Waals surface area contributed by atoms with Crippen LogP contribution >= 0.6 is 11.6 Å². The molecule has 0 unspecified atom stereocenters. The van der Waals surface area contributed by atoms with E-state index in [1.807, 2.05) is 0 Å². The summed E-state index contributed by atoms with van der Waals surface area (Å²) in [7, 11) is -3.90. The molecule has 1 aromatic carbocycles. The average Bonchev–Trinajstić information content (AvgIpc) is 2.16. The Balaban J connectivity index is 2.74. The molecule has 0 amide bonds. The van der Waals surface area contributed by atoms with Crippen LogP contribution in [-0.4, -0.2) is 26.1 Å². The molecule has 0 aliphatic heterocycles. The zero-order valence-electron chi connectivity index (χ0n) is 7.88. The average molecular weight is 266 g/mol. The van der Waals surface area contributed by atoms with Crippen LogP contribution in [0.3, 0.4) is 0 Å². The van der Waals surface area contributed by atoms with E-state index in [-0.39, 0.29) is 9.92 Å². The number of benzene rings is 1. The van der Waals surface area contributed by atoms with Gasteiger partial charge in [0.05, 0.1) is 4.90 Å². The fraction of sp³-hybridized carbons (Fsp3) is 0.125. The summed E-state index contributed by atoms with van der Waals surface area (Å²) in [6.45, 7) is -0.764. The number of sulfonamides is 1. The van der Waals surface area contributed by atoms with E-state index >= 15 is 0 Å². The molecular weight excluding hydrogens is 258 g/mol. The van der Waals surface area contributed by atoms with Crippen LogP contribution in [0.15, 0.2) is 29.2 Å². The topological polar surface area (TPSA) is 92.7 Å². The van der Waals surface area contributed by atoms with Gasteiger partial charge in [-0.3, -0.25) is 4.84 Å². The number of aliphatic carboxylic acids is 1. The van der Waals surface area contributed by atoms with Crippen LogP contribution in [0, 0.1) is 0 Å². The Kier molecular flexibility index (Phi) is 4.25. The van der Waals surface area contributed by atoms with Crippen molar-refractivity contribution >= 4 is 27.6 Å². The summed E-state index contributed by atoms with van der Waals surface area (Å²) in [5, 5.41) is 8.50. The highest BCUT2D eigenvalue weighted by molar-refractivity contribution is 7.89. The van der Waals surface area contributed by atoms with Gasteiger partial charge in [0, 0.05) is 5.02 Å². The monoisotopic (exact) mass is 265 g/mol. The third-order valence-electron chi connectivity index (χ3n) is 1.47. The normalized spacial score (nSPS) is 11.3. The van der Waals surface area contributed by atoms with Gasteiger partial charge in [0.15, 0.2) is 6.61 Å². The molecule has 2 N–H and O–H groups in total. The Morgan fingerprint density at radius 3 is 2.75 bits per heavy atom. The molecule has 0 heterocycles. The maximum absolute atomic E-state index is 11.5. The van der Waals surface area contributed by atoms with Crippen molar-refractivity contribution in [3.05, 3.63) is 29.3 Å². The third-order valence-corrected chi connectivity index (χ3v) is 2.92. The minimum absolute atomic E-state index is 0.106. The largest absolute Gasteiger partial charge is 0.479 e. The highest BCUT2D eigenvalue weighted by Gasteiger charge is 2.14. The molecule has 0 aliphatic rings. The quantitative estimate of drug-likeness (QED) is 0.762. The van der Waals surface area contributed by atoms with Gasteiger partial charge in [0.25, 0.3) is 10.0 Å². The third kappa shape index (κ3) is 3.78. The summed E-state index contributed by atoms with van der Waals surface area (Å²) in [5.74, 6) is -1.28. The Bertz CT molecular complexity index is 487. The van der Waals surface area contributed by atoms with E-state index in [1.165, 1.54) is 24.3 Å². The van der Waals surface area contributed by atoms with E-state index in [1.54, 1.807) is 4.89 Å². The first-order valence-electron chi connectivity index (χ1n) is 4.03. The van der Waals surface area contributed by atoms with Crippen LogP contribution in [0.5, 0.6) is 0 Å². The first kappa shape index (κ1) is 12.9. The summed E-state index contributed by atoms with van der Waals surface area (Å²) >= 11 is 5.61. The van der Waals surface area contributed by atoms with Crippen molar-refractivity contribution in [3.63, 3.8) is 0 Å². The van der Waals surface area contributed by atoms with Crippen LogP contribution in [0.25, 0.3) is 0 Å². The maximum Gasteiger partial charge on any atom is 0.331 e. The summed E-state index contributed by atoms with van der Waals surface area (Å²) in [6, 6.07) is 5.49. The lowest BCUT2D eigenvalue weighted by molar-refractivity contribution is -0.143. The lowest BCUT2D eigenvalue weighted by atomic mass is 10.4. The Morgan fingerprint density at radius 2 is 2.19 bits per heavy atom. The minimum Gasteiger partial charge on any atom is -0.479 e. The predicted molar refractivity (Wildman–Crippen MR) is 55.4 cm³/mol. The minimum atomic E-state index is -3.90. The van der Waals surface area contributed by atoms with Gasteiger partial charge in [-0.05, 0) is 18.2 Å². The van der Waals surface area contributed by atoms with Crippen LogP contribution in [0.4, 0.5) is 0 Å². The second kappa shape index (κ2) is 5.26. The van der Waals surface area contributed by atoms with E-state index in [4.69, 9.17) is 16.7 Å². The summed E-state index contributed by atoms with van der Waals surface area (Å²) in [6.07, 6.45) is 0. The molecule has 0 spiro atoms. The first-order chi connectivity index (χ1) is 7.42. The SMILES string of the molecule is O=C(O)CONS(=O)(=O)c1cccc(Cl)c1. The van der Waals surface area contributed by atoms with Crippen molar-refractivity contribution in [2.75, 3.05) is 6.61 Å². The van der Waals surface area contributed by atoms with Crippen molar-refractivity contribution in [2.24, 2.45) is 0 Å². The molecule has 0 saturated carbocycles. The highest BCUT2D eigenvalue weighted by atomic mass is 35.5. The summed E-state index contributed by atoms with van der Waals surface area (Å²) in [4.78, 5) is 15.9. The molecule has 0 atom stereocenters. The first-order valence-corrected chi connectivity index (χ1v) is 5.89. The molecule has 0 fully saturated rings. The van der Waals surface area contributed by atoms with Crippen molar-refractivity contribution in [2.45, 2.75) is 4.90 Å². The van der Waals surface area contributed by atoms with Gasteiger partial charge < -0.3 is 5.11 Å². The van der Waals surface area contributed by atoms with E-state index < -0.39 is 22.6 Å². The molecule has 0 aliphatic carbocycles.